The quantitative estimate of drug-likeness (QED) is 0.759. The number of aliphatic hydroxyl groups excluding tert-OH is 1. The van der Waals surface area contributed by atoms with E-state index in [1.165, 1.54) is 0 Å². The Balaban J connectivity index is 2.40. The first-order chi connectivity index (χ1) is 7.86. The fourth-order valence-electron chi connectivity index (χ4n) is 1.42. The Morgan fingerprint density at radius 3 is 2.62 bits per heavy atom. The van der Waals surface area contributed by atoms with Gasteiger partial charge in [0, 0.05) is 18.7 Å². The highest BCUT2D eigenvalue weighted by molar-refractivity contribution is 5.33. The molecule has 0 amide bonds. The third-order valence-electron chi connectivity index (χ3n) is 2.39. The minimum absolute atomic E-state index is 0.253. The minimum atomic E-state index is 0.253. The van der Waals surface area contributed by atoms with Crippen LogP contribution in [0.25, 0.3) is 0 Å². The molecule has 0 fully saturated rings. The van der Waals surface area contributed by atoms with Crippen LogP contribution in [0.2, 0.25) is 0 Å². The molecule has 1 rings (SSSR count). The van der Waals surface area contributed by atoms with Crippen LogP contribution in [0.3, 0.4) is 0 Å². The summed E-state index contributed by atoms with van der Waals surface area (Å²) < 4.78 is 0. The van der Waals surface area contributed by atoms with Crippen LogP contribution in [0.4, 0.5) is 0 Å². The Kier molecular flexibility index (Phi) is 6.32. The predicted octanol–water partition coefficient (Wildman–Crippen LogP) is 1.74. The molecule has 0 saturated carbocycles. The van der Waals surface area contributed by atoms with Gasteiger partial charge in [-0.05, 0) is 25.1 Å². The van der Waals surface area contributed by atoms with Crippen LogP contribution in [-0.2, 0) is 0 Å². The molecule has 0 spiro atoms. The molecule has 1 aromatic rings. The van der Waals surface area contributed by atoms with E-state index in [1.54, 1.807) is 0 Å². The summed E-state index contributed by atoms with van der Waals surface area (Å²) in [5.41, 5.74) is 1.06. The molecule has 1 aromatic carbocycles. The Labute approximate surface area is 97.9 Å². The van der Waals surface area contributed by atoms with Crippen LogP contribution in [0, 0.1) is 11.8 Å². The van der Waals surface area contributed by atoms with Gasteiger partial charge in [0.2, 0.25) is 0 Å². The largest absolute Gasteiger partial charge is 0.396 e. The normalized spacial score (nSPS) is 9.94. The minimum Gasteiger partial charge on any atom is -0.396 e. The average molecular weight is 217 g/mol. The van der Waals surface area contributed by atoms with E-state index in [4.69, 9.17) is 5.11 Å². The molecular formula is C14H19NO. The summed E-state index contributed by atoms with van der Waals surface area (Å²) in [6.07, 6.45) is 0.820. The average Bonchev–Trinajstić information content (AvgIpc) is 2.35. The van der Waals surface area contributed by atoms with Crippen molar-refractivity contribution in [2.75, 3.05) is 26.2 Å². The zero-order valence-corrected chi connectivity index (χ0v) is 9.82. The Bertz CT molecular complexity index is 337. The van der Waals surface area contributed by atoms with Crippen molar-refractivity contribution in [3.63, 3.8) is 0 Å². The van der Waals surface area contributed by atoms with Gasteiger partial charge in [0.1, 0.15) is 0 Å². The molecule has 1 N–H and O–H groups in total. The van der Waals surface area contributed by atoms with E-state index < -0.39 is 0 Å². The fourth-order valence-corrected chi connectivity index (χ4v) is 1.42. The van der Waals surface area contributed by atoms with Gasteiger partial charge in [0.05, 0.1) is 6.54 Å². The van der Waals surface area contributed by atoms with E-state index in [9.17, 15) is 0 Å². The lowest BCUT2D eigenvalue weighted by Gasteiger charge is -2.15. The van der Waals surface area contributed by atoms with Crippen molar-refractivity contribution >= 4 is 0 Å². The van der Waals surface area contributed by atoms with E-state index in [1.807, 2.05) is 30.3 Å². The van der Waals surface area contributed by atoms with Gasteiger partial charge in [-0.1, -0.05) is 37.0 Å². The van der Waals surface area contributed by atoms with Gasteiger partial charge in [0.25, 0.3) is 0 Å². The molecule has 16 heavy (non-hydrogen) atoms. The summed E-state index contributed by atoms with van der Waals surface area (Å²) in [6.45, 7) is 5.02. The van der Waals surface area contributed by atoms with Crippen molar-refractivity contribution in [3.8, 4) is 11.8 Å². The molecule has 0 heterocycles. The number of aliphatic hydroxyl groups is 1. The first-order valence-electron chi connectivity index (χ1n) is 5.74. The summed E-state index contributed by atoms with van der Waals surface area (Å²) in [5, 5.41) is 8.75. The summed E-state index contributed by atoms with van der Waals surface area (Å²) in [7, 11) is 0. The van der Waals surface area contributed by atoms with E-state index in [0.717, 1.165) is 31.6 Å². The lowest BCUT2D eigenvalue weighted by atomic mass is 10.2. The molecule has 86 valence electrons. The van der Waals surface area contributed by atoms with E-state index in [-0.39, 0.29) is 6.61 Å². The van der Waals surface area contributed by atoms with Crippen molar-refractivity contribution in [2.45, 2.75) is 13.3 Å². The number of nitrogens with zero attached hydrogens (tertiary/aromatic N) is 1. The Morgan fingerprint density at radius 1 is 1.25 bits per heavy atom. The van der Waals surface area contributed by atoms with Gasteiger partial charge in [-0.2, -0.15) is 0 Å². The summed E-state index contributed by atoms with van der Waals surface area (Å²) >= 11 is 0. The molecule has 2 nitrogen and oxygen atoms in total. The fraction of sp³-hybridized carbons (Fsp3) is 0.429. The van der Waals surface area contributed by atoms with Gasteiger partial charge >= 0.3 is 0 Å². The first-order valence-corrected chi connectivity index (χ1v) is 5.74. The van der Waals surface area contributed by atoms with Crippen LogP contribution < -0.4 is 0 Å². The summed E-state index contributed by atoms with van der Waals surface area (Å²) in [5.74, 6) is 6.29. The third kappa shape index (κ3) is 4.97. The maximum atomic E-state index is 8.75. The highest BCUT2D eigenvalue weighted by Gasteiger charge is 1.97. The Hall–Kier alpha value is -1.30. The molecule has 2 heteroatoms. The van der Waals surface area contributed by atoms with Gasteiger partial charge in [-0.25, -0.2) is 0 Å². The molecule has 0 radical (unpaired) electrons. The van der Waals surface area contributed by atoms with Crippen LogP contribution >= 0.6 is 0 Å². The second kappa shape index (κ2) is 7.92. The maximum Gasteiger partial charge on any atom is 0.0605 e. The lowest BCUT2D eigenvalue weighted by Crippen LogP contribution is -2.25. The molecule has 0 bridgehead atoms. The van der Waals surface area contributed by atoms with Crippen LogP contribution in [0.5, 0.6) is 0 Å². The Morgan fingerprint density at radius 2 is 2.00 bits per heavy atom. The van der Waals surface area contributed by atoms with Crippen molar-refractivity contribution in [1.82, 2.24) is 4.90 Å². The molecular weight excluding hydrogens is 198 g/mol. The van der Waals surface area contributed by atoms with E-state index in [0.29, 0.717) is 0 Å². The monoisotopic (exact) mass is 217 g/mol. The van der Waals surface area contributed by atoms with Crippen LogP contribution in [0.15, 0.2) is 30.3 Å². The highest BCUT2D eigenvalue weighted by Crippen LogP contribution is 1.95. The maximum absolute atomic E-state index is 8.75. The zero-order chi connectivity index (χ0) is 11.6. The van der Waals surface area contributed by atoms with E-state index in [2.05, 4.69) is 23.7 Å². The molecule has 0 aliphatic carbocycles. The number of benzene rings is 1. The standard InChI is InChI=1S/C14H19NO/c1-2-15(12-7-13-16)11-6-10-14-8-4-3-5-9-14/h3-5,8-9,16H,2,7,11-13H2,1H3. The number of hydrogen-bond donors (Lipinski definition) is 1. The highest BCUT2D eigenvalue weighted by atomic mass is 16.3. The summed E-state index contributed by atoms with van der Waals surface area (Å²) in [4.78, 5) is 2.23. The molecule has 0 unspecified atom stereocenters. The predicted molar refractivity (Wildman–Crippen MR) is 67.1 cm³/mol. The molecule has 0 aliphatic rings. The van der Waals surface area contributed by atoms with Crippen molar-refractivity contribution in [2.24, 2.45) is 0 Å². The van der Waals surface area contributed by atoms with Gasteiger partial charge in [0.15, 0.2) is 0 Å². The summed E-state index contributed by atoms with van der Waals surface area (Å²) in [6, 6.07) is 10.00. The number of hydrogen-bond acceptors (Lipinski definition) is 2. The SMILES string of the molecule is CCN(CC#Cc1ccccc1)CCCO. The van der Waals surface area contributed by atoms with Gasteiger partial charge < -0.3 is 5.11 Å². The molecule has 0 atom stereocenters. The van der Waals surface area contributed by atoms with Crippen molar-refractivity contribution in [3.05, 3.63) is 35.9 Å². The van der Waals surface area contributed by atoms with Crippen molar-refractivity contribution < 1.29 is 5.11 Å². The third-order valence-corrected chi connectivity index (χ3v) is 2.39. The second-order valence-electron chi connectivity index (χ2n) is 3.61. The zero-order valence-electron chi connectivity index (χ0n) is 9.82. The number of rotatable bonds is 5. The van der Waals surface area contributed by atoms with Crippen LogP contribution in [0.1, 0.15) is 18.9 Å². The van der Waals surface area contributed by atoms with Gasteiger partial charge in [-0.3, -0.25) is 4.90 Å². The van der Waals surface area contributed by atoms with Gasteiger partial charge in [-0.15, -0.1) is 0 Å². The second-order valence-corrected chi connectivity index (χ2v) is 3.61. The molecule has 0 aromatic heterocycles. The van der Waals surface area contributed by atoms with E-state index >= 15 is 0 Å². The smallest absolute Gasteiger partial charge is 0.0605 e. The molecule has 0 aliphatic heterocycles. The first kappa shape index (κ1) is 12.8. The van der Waals surface area contributed by atoms with Crippen molar-refractivity contribution in [1.29, 1.82) is 0 Å². The lowest BCUT2D eigenvalue weighted by molar-refractivity contribution is 0.243. The molecule has 0 saturated heterocycles. The topological polar surface area (TPSA) is 23.5 Å². The van der Waals surface area contributed by atoms with Crippen LogP contribution in [-0.4, -0.2) is 36.2 Å².